The largest absolute Gasteiger partial charge is 0.329 e. The lowest BCUT2D eigenvalue weighted by Crippen LogP contribution is -2.51. The molecular formula is C24H22FN3O. The molecule has 0 N–H and O–H groups in total. The number of aryl methyl sites for hydroxylation is 1. The number of rotatable bonds is 2. The standard InChI is InChI=1S/C24H22FN3O/c1-17-6-5-13-26-22(17)24(25)11-14-27(15-12-24)23(29)28-19-9-10-20(21(28)16-19)18-7-3-2-4-8-18/h2-10,13,16H,11-12,14-15H2,1H3. The molecular weight excluding hydrogens is 365 g/mol. The molecule has 5 rings (SSSR count). The fourth-order valence-corrected chi connectivity index (χ4v) is 4.38. The van der Waals surface area contributed by atoms with Crippen molar-refractivity contribution in [2.45, 2.75) is 25.4 Å². The molecule has 0 atom stereocenters. The van der Waals surface area contributed by atoms with Gasteiger partial charge < -0.3 is 4.90 Å². The zero-order valence-corrected chi connectivity index (χ0v) is 16.3. The van der Waals surface area contributed by atoms with E-state index in [-0.39, 0.29) is 18.9 Å². The first-order chi connectivity index (χ1) is 14.1. The highest BCUT2D eigenvalue weighted by atomic mass is 19.1. The Balaban J connectivity index is 1.30. The minimum atomic E-state index is -1.47. The molecule has 0 unspecified atom stereocenters. The van der Waals surface area contributed by atoms with Gasteiger partial charge in [0.15, 0.2) is 5.67 Å². The Bertz CT molecular complexity index is 1060. The molecule has 1 aromatic carbocycles. The number of carbonyl (C=O) groups excluding carboxylic acids is 1. The maximum absolute atomic E-state index is 15.6. The first-order valence-electron chi connectivity index (χ1n) is 9.96. The van der Waals surface area contributed by atoms with Crippen LogP contribution in [-0.2, 0) is 5.67 Å². The third-order valence-electron chi connectivity index (χ3n) is 6.02. The van der Waals surface area contributed by atoms with Crippen molar-refractivity contribution >= 4 is 11.6 Å². The summed E-state index contributed by atoms with van der Waals surface area (Å²) >= 11 is 0. The monoisotopic (exact) mass is 387 g/mol. The molecule has 4 nitrogen and oxygen atoms in total. The van der Waals surface area contributed by atoms with E-state index in [1.165, 1.54) is 0 Å². The van der Waals surface area contributed by atoms with Crippen LogP contribution < -0.4 is 0 Å². The van der Waals surface area contributed by atoms with Gasteiger partial charge in [0, 0.05) is 37.7 Å². The molecule has 3 aliphatic rings. The Morgan fingerprint density at radius 2 is 1.83 bits per heavy atom. The van der Waals surface area contributed by atoms with Gasteiger partial charge in [0.2, 0.25) is 0 Å². The molecule has 1 saturated heterocycles. The molecule has 29 heavy (non-hydrogen) atoms. The molecule has 4 heterocycles. The van der Waals surface area contributed by atoms with Gasteiger partial charge in [0.1, 0.15) is 0 Å². The highest BCUT2D eigenvalue weighted by molar-refractivity contribution is 5.94. The molecule has 0 spiro atoms. The van der Waals surface area contributed by atoms with Crippen molar-refractivity contribution in [2.24, 2.45) is 0 Å². The summed E-state index contributed by atoms with van der Waals surface area (Å²) in [6, 6.07) is 13.7. The van der Waals surface area contributed by atoms with E-state index in [4.69, 9.17) is 0 Å². The predicted molar refractivity (Wildman–Crippen MR) is 110 cm³/mol. The molecule has 0 radical (unpaired) electrons. The number of fused-ring (bicyclic) bond motifs is 2. The number of allylic oxidation sites excluding steroid dienone is 4. The van der Waals surface area contributed by atoms with Gasteiger partial charge in [-0.1, -0.05) is 42.5 Å². The molecule has 0 saturated carbocycles. The van der Waals surface area contributed by atoms with Crippen LogP contribution in [0.25, 0.3) is 5.57 Å². The van der Waals surface area contributed by atoms with Gasteiger partial charge in [-0.25, -0.2) is 9.18 Å². The van der Waals surface area contributed by atoms with Crippen LogP contribution >= 0.6 is 0 Å². The van der Waals surface area contributed by atoms with E-state index in [2.05, 4.69) is 11.1 Å². The number of halogens is 1. The van der Waals surface area contributed by atoms with Gasteiger partial charge >= 0.3 is 6.03 Å². The molecule has 1 aromatic heterocycles. The average molecular weight is 387 g/mol. The summed E-state index contributed by atoms with van der Waals surface area (Å²) in [5, 5.41) is 0. The van der Waals surface area contributed by atoms with Crippen LogP contribution in [0.15, 0.2) is 78.3 Å². The summed E-state index contributed by atoms with van der Waals surface area (Å²) in [5.74, 6) is 0. The van der Waals surface area contributed by atoms with E-state index < -0.39 is 5.67 Å². The quantitative estimate of drug-likeness (QED) is 0.731. The number of hydrogen-bond donors (Lipinski definition) is 0. The summed E-state index contributed by atoms with van der Waals surface area (Å²) in [4.78, 5) is 21.0. The third-order valence-corrected chi connectivity index (χ3v) is 6.02. The summed E-state index contributed by atoms with van der Waals surface area (Å²) in [6.45, 7) is 2.65. The molecule has 2 aromatic rings. The highest BCUT2D eigenvalue weighted by Gasteiger charge is 2.43. The minimum Gasteiger partial charge on any atom is -0.324 e. The molecule has 0 aliphatic carbocycles. The zero-order valence-electron chi connectivity index (χ0n) is 16.3. The predicted octanol–water partition coefficient (Wildman–Crippen LogP) is 4.95. The number of nitrogens with zero attached hydrogens (tertiary/aromatic N) is 3. The lowest BCUT2D eigenvalue weighted by molar-refractivity contribution is 0.0595. The lowest BCUT2D eigenvalue weighted by atomic mass is 9.87. The van der Waals surface area contributed by atoms with Crippen molar-refractivity contribution in [3.8, 4) is 0 Å². The van der Waals surface area contributed by atoms with E-state index in [9.17, 15) is 4.79 Å². The van der Waals surface area contributed by atoms with Crippen LogP contribution in [0.5, 0.6) is 0 Å². The average Bonchev–Trinajstić information content (AvgIpc) is 2.75. The van der Waals surface area contributed by atoms with E-state index >= 15 is 4.39 Å². The fourth-order valence-electron chi connectivity index (χ4n) is 4.38. The summed E-state index contributed by atoms with van der Waals surface area (Å²) in [6.07, 6.45) is 8.22. The van der Waals surface area contributed by atoms with E-state index in [1.807, 2.05) is 61.5 Å². The molecule has 1 fully saturated rings. The third kappa shape index (κ3) is 2.89. The van der Waals surface area contributed by atoms with Crippen LogP contribution in [0.3, 0.4) is 0 Å². The number of likely N-dealkylation sites (tertiary alicyclic amines) is 1. The SMILES string of the molecule is Cc1cccnc1C1(F)CCN(C(=O)N2c3ccc(-c4ccccc4)c2c3)CC1. The second kappa shape index (κ2) is 6.69. The van der Waals surface area contributed by atoms with E-state index in [0.29, 0.717) is 18.8 Å². The lowest BCUT2D eigenvalue weighted by Gasteiger charge is -2.43. The first-order valence-corrected chi connectivity index (χ1v) is 9.96. The Kier molecular flexibility index (Phi) is 4.12. The number of urea groups is 1. The molecule has 2 bridgehead atoms. The Morgan fingerprint density at radius 1 is 1.07 bits per heavy atom. The number of carbonyl (C=O) groups is 1. The topological polar surface area (TPSA) is 36.4 Å². The van der Waals surface area contributed by atoms with Gasteiger partial charge in [-0.3, -0.25) is 9.88 Å². The molecule has 146 valence electrons. The second-order valence-corrected chi connectivity index (χ2v) is 7.81. The van der Waals surface area contributed by atoms with Gasteiger partial charge in [0.05, 0.1) is 17.1 Å². The van der Waals surface area contributed by atoms with Gasteiger partial charge in [-0.2, -0.15) is 0 Å². The van der Waals surface area contributed by atoms with Crippen molar-refractivity contribution in [1.29, 1.82) is 0 Å². The summed E-state index contributed by atoms with van der Waals surface area (Å²) in [7, 11) is 0. The fraction of sp³-hybridized carbons (Fsp3) is 0.250. The van der Waals surface area contributed by atoms with Crippen molar-refractivity contribution in [3.63, 3.8) is 0 Å². The number of aromatic nitrogens is 1. The van der Waals surface area contributed by atoms with E-state index in [0.717, 1.165) is 28.1 Å². The van der Waals surface area contributed by atoms with Gasteiger partial charge in [-0.05, 0) is 36.3 Å². The van der Waals surface area contributed by atoms with Crippen LogP contribution in [-0.4, -0.2) is 33.9 Å². The Morgan fingerprint density at radius 3 is 2.52 bits per heavy atom. The number of alkyl halides is 1. The first kappa shape index (κ1) is 17.9. The Hall–Kier alpha value is -3.21. The maximum atomic E-state index is 15.6. The Labute approximate surface area is 169 Å². The number of hydrogen-bond acceptors (Lipinski definition) is 2. The molecule has 3 aliphatic heterocycles. The second-order valence-electron chi connectivity index (χ2n) is 7.81. The van der Waals surface area contributed by atoms with Gasteiger partial charge in [0.25, 0.3) is 0 Å². The number of benzene rings is 1. The van der Waals surface area contributed by atoms with Crippen molar-refractivity contribution in [3.05, 3.63) is 95.1 Å². The van der Waals surface area contributed by atoms with Crippen LogP contribution in [0.2, 0.25) is 0 Å². The smallest absolute Gasteiger partial charge is 0.324 e. The maximum Gasteiger partial charge on any atom is 0.329 e. The van der Waals surface area contributed by atoms with Crippen LogP contribution in [0.1, 0.15) is 29.7 Å². The highest BCUT2D eigenvalue weighted by Crippen LogP contribution is 2.43. The van der Waals surface area contributed by atoms with Crippen molar-refractivity contribution in [1.82, 2.24) is 14.8 Å². The van der Waals surface area contributed by atoms with Crippen LogP contribution in [0, 0.1) is 6.92 Å². The minimum absolute atomic E-state index is 0.0740. The van der Waals surface area contributed by atoms with Crippen molar-refractivity contribution in [2.75, 3.05) is 13.1 Å². The number of amides is 2. The molecule has 5 heteroatoms. The summed E-state index contributed by atoms with van der Waals surface area (Å²) in [5.41, 5.74) is 3.82. The van der Waals surface area contributed by atoms with Gasteiger partial charge in [-0.15, -0.1) is 0 Å². The van der Waals surface area contributed by atoms with Crippen molar-refractivity contribution < 1.29 is 9.18 Å². The molecule has 2 amide bonds. The van der Waals surface area contributed by atoms with Crippen LogP contribution in [0.4, 0.5) is 9.18 Å². The summed E-state index contributed by atoms with van der Waals surface area (Å²) < 4.78 is 15.6. The van der Waals surface area contributed by atoms with E-state index in [1.54, 1.807) is 16.0 Å². The normalized spacial score (nSPS) is 19.7. The number of pyridine rings is 1. The number of piperidine rings is 1. The zero-order chi connectivity index (χ0) is 20.0.